The van der Waals surface area contributed by atoms with Gasteiger partial charge in [0.15, 0.2) is 23.0 Å². The number of amides is 1. The second-order valence-corrected chi connectivity index (χ2v) is 9.02. The summed E-state index contributed by atoms with van der Waals surface area (Å²) < 4.78 is 16.0. The number of hydrogen-bond donors (Lipinski definition) is 1. The number of benzene rings is 2. The van der Waals surface area contributed by atoms with Crippen molar-refractivity contribution < 1.29 is 24.1 Å². The van der Waals surface area contributed by atoms with E-state index in [0.717, 1.165) is 56.6 Å². The molecule has 7 heteroatoms. The van der Waals surface area contributed by atoms with Gasteiger partial charge in [-0.15, -0.1) is 0 Å². The fraction of sp³-hybridized carbons (Fsp3) is 0.500. The smallest absolute Gasteiger partial charge is 0.227 e. The molecule has 0 unspecified atom stereocenters. The number of rotatable bonds is 9. The summed E-state index contributed by atoms with van der Waals surface area (Å²) in [5, 5.41) is 10.1. The number of aromatic hydroxyl groups is 1. The first-order valence-corrected chi connectivity index (χ1v) is 11.5. The molecule has 0 aromatic heterocycles. The first kappa shape index (κ1) is 23.2. The van der Waals surface area contributed by atoms with Crippen molar-refractivity contribution in [2.24, 2.45) is 0 Å². The zero-order chi connectivity index (χ0) is 23.5. The lowest BCUT2D eigenvalue weighted by Crippen LogP contribution is -2.36. The fourth-order valence-electron chi connectivity index (χ4n) is 5.00. The van der Waals surface area contributed by atoms with Crippen molar-refractivity contribution >= 4 is 5.91 Å². The molecule has 2 aromatic rings. The van der Waals surface area contributed by atoms with Crippen LogP contribution in [-0.4, -0.2) is 75.4 Å². The highest BCUT2D eigenvalue weighted by Crippen LogP contribution is 2.42. The number of phenols is 1. The van der Waals surface area contributed by atoms with E-state index in [4.69, 9.17) is 14.2 Å². The maximum atomic E-state index is 12.9. The number of fused-ring (bicyclic) bond motifs is 2. The lowest BCUT2D eigenvalue weighted by atomic mass is 9.77. The predicted molar refractivity (Wildman–Crippen MR) is 127 cm³/mol. The molecule has 0 fully saturated rings. The molecule has 2 aromatic carbocycles. The lowest BCUT2D eigenvalue weighted by Gasteiger charge is -2.34. The van der Waals surface area contributed by atoms with Crippen LogP contribution in [-0.2, 0) is 24.1 Å². The number of ether oxygens (including phenoxy) is 3. The molecule has 33 heavy (non-hydrogen) atoms. The van der Waals surface area contributed by atoms with Crippen molar-refractivity contribution in [3.05, 3.63) is 46.5 Å². The standard InChI is InChI=1S/C26H34N2O5/c1-27(16-20-10-19-13-23(31-2)22(29)15-21(19)20)7-5-8-28-9-6-17-11-24(32-3)25(33-4)12-18(17)14-26(28)30/h11-13,15,20,29H,5-10,14,16H2,1-4H3/t20-/m1/s1. The molecule has 2 aliphatic rings. The molecule has 1 aliphatic heterocycles. The summed E-state index contributed by atoms with van der Waals surface area (Å²) in [5.41, 5.74) is 4.66. The van der Waals surface area contributed by atoms with Gasteiger partial charge in [0, 0.05) is 25.6 Å². The van der Waals surface area contributed by atoms with E-state index in [1.54, 1.807) is 21.3 Å². The molecule has 0 bridgehead atoms. The Morgan fingerprint density at radius 3 is 2.36 bits per heavy atom. The minimum Gasteiger partial charge on any atom is -0.504 e. The Hall–Kier alpha value is -2.93. The number of nitrogens with zero attached hydrogens (tertiary/aromatic N) is 2. The number of hydrogen-bond acceptors (Lipinski definition) is 6. The summed E-state index contributed by atoms with van der Waals surface area (Å²) in [4.78, 5) is 17.2. The van der Waals surface area contributed by atoms with E-state index >= 15 is 0 Å². The van der Waals surface area contributed by atoms with Gasteiger partial charge in [0.05, 0.1) is 27.8 Å². The van der Waals surface area contributed by atoms with Crippen LogP contribution in [0.1, 0.15) is 34.6 Å². The SMILES string of the molecule is COc1cc2c(cc1O)[C@@H](CN(C)CCCN1CCc3cc(OC)c(OC)cc3CC1=O)C2. The molecule has 0 spiro atoms. The minimum absolute atomic E-state index is 0.168. The maximum absolute atomic E-state index is 12.9. The monoisotopic (exact) mass is 454 g/mol. The maximum Gasteiger partial charge on any atom is 0.227 e. The van der Waals surface area contributed by atoms with E-state index in [0.29, 0.717) is 29.6 Å². The van der Waals surface area contributed by atoms with E-state index in [-0.39, 0.29) is 11.7 Å². The van der Waals surface area contributed by atoms with Gasteiger partial charge < -0.3 is 29.1 Å². The highest BCUT2D eigenvalue weighted by Gasteiger charge is 2.29. The average Bonchev–Trinajstić information content (AvgIpc) is 2.95. The molecule has 0 radical (unpaired) electrons. The van der Waals surface area contributed by atoms with Crippen LogP contribution in [0.15, 0.2) is 24.3 Å². The van der Waals surface area contributed by atoms with Gasteiger partial charge >= 0.3 is 0 Å². The number of methoxy groups -OCH3 is 3. The summed E-state index contributed by atoms with van der Waals surface area (Å²) in [6.45, 7) is 3.34. The summed E-state index contributed by atoms with van der Waals surface area (Å²) in [5.74, 6) is 2.73. The van der Waals surface area contributed by atoms with Crippen molar-refractivity contribution in [1.29, 1.82) is 0 Å². The van der Waals surface area contributed by atoms with E-state index < -0.39 is 0 Å². The van der Waals surface area contributed by atoms with Gasteiger partial charge in [-0.05, 0) is 79.4 Å². The molecule has 1 amide bonds. The Balaban J connectivity index is 1.27. The van der Waals surface area contributed by atoms with Crippen LogP contribution in [0.5, 0.6) is 23.0 Å². The number of carbonyl (C=O) groups is 1. The molecule has 7 nitrogen and oxygen atoms in total. The van der Waals surface area contributed by atoms with Gasteiger partial charge in [0.1, 0.15) is 0 Å². The summed E-state index contributed by atoms with van der Waals surface area (Å²) in [7, 11) is 6.96. The molecule has 1 heterocycles. The summed E-state index contributed by atoms with van der Waals surface area (Å²) in [6, 6.07) is 7.72. The zero-order valence-electron chi connectivity index (χ0n) is 20.0. The van der Waals surface area contributed by atoms with Crippen LogP contribution in [0.3, 0.4) is 0 Å². The van der Waals surface area contributed by atoms with Crippen LogP contribution < -0.4 is 14.2 Å². The highest BCUT2D eigenvalue weighted by molar-refractivity contribution is 5.80. The normalized spacial score (nSPS) is 17.2. The van der Waals surface area contributed by atoms with Crippen LogP contribution in [0.4, 0.5) is 0 Å². The van der Waals surface area contributed by atoms with Crippen LogP contribution in [0.25, 0.3) is 0 Å². The quantitative estimate of drug-likeness (QED) is 0.628. The molecule has 178 valence electrons. The first-order valence-electron chi connectivity index (χ1n) is 11.5. The van der Waals surface area contributed by atoms with Gasteiger partial charge in [-0.25, -0.2) is 0 Å². The van der Waals surface area contributed by atoms with E-state index in [1.807, 2.05) is 29.2 Å². The fourth-order valence-corrected chi connectivity index (χ4v) is 5.00. The van der Waals surface area contributed by atoms with Gasteiger partial charge in [0.2, 0.25) is 5.91 Å². The number of likely N-dealkylation sites (N-methyl/N-ethyl adjacent to an activating group) is 1. The third-order valence-corrected chi connectivity index (χ3v) is 6.90. The van der Waals surface area contributed by atoms with Crippen molar-refractivity contribution in [3.8, 4) is 23.0 Å². The Labute approximate surface area is 195 Å². The van der Waals surface area contributed by atoms with Crippen molar-refractivity contribution in [3.63, 3.8) is 0 Å². The lowest BCUT2D eigenvalue weighted by molar-refractivity contribution is -0.130. The molecule has 1 atom stereocenters. The summed E-state index contributed by atoms with van der Waals surface area (Å²) >= 11 is 0. The van der Waals surface area contributed by atoms with Crippen LogP contribution in [0, 0.1) is 0 Å². The predicted octanol–water partition coefficient (Wildman–Crippen LogP) is 3.01. The number of phenolic OH excluding ortho intramolecular Hbond substituents is 1. The molecular formula is C26H34N2O5. The van der Waals surface area contributed by atoms with E-state index in [2.05, 4.69) is 11.9 Å². The van der Waals surface area contributed by atoms with Crippen LogP contribution >= 0.6 is 0 Å². The first-order chi connectivity index (χ1) is 15.9. The Bertz CT molecular complexity index is 1020. The zero-order valence-corrected chi connectivity index (χ0v) is 20.0. The molecular weight excluding hydrogens is 420 g/mol. The molecule has 1 N–H and O–H groups in total. The largest absolute Gasteiger partial charge is 0.504 e. The van der Waals surface area contributed by atoms with Crippen molar-refractivity contribution in [2.75, 3.05) is 54.6 Å². The molecule has 4 rings (SSSR count). The number of carbonyl (C=O) groups excluding carboxylic acids is 1. The van der Waals surface area contributed by atoms with Gasteiger partial charge in [-0.2, -0.15) is 0 Å². The second-order valence-electron chi connectivity index (χ2n) is 9.02. The average molecular weight is 455 g/mol. The van der Waals surface area contributed by atoms with Gasteiger partial charge in [-0.3, -0.25) is 4.79 Å². The van der Waals surface area contributed by atoms with Gasteiger partial charge in [-0.1, -0.05) is 0 Å². The van der Waals surface area contributed by atoms with Crippen molar-refractivity contribution in [1.82, 2.24) is 9.80 Å². The van der Waals surface area contributed by atoms with Crippen molar-refractivity contribution in [2.45, 2.75) is 31.6 Å². The molecule has 0 saturated carbocycles. The molecule has 0 saturated heterocycles. The minimum atomic E-state index is 0.168. The van der Waals surface area contributed by atoms with E-state index in [9.17, 15) is 9.90 Å². The van der Waals surface area contributed by atoms with E-state index in [1.165, 1.54) is 11.1 Å². The van der Waals surface area contributed by atoms with Gasteiger partial charge in [0.25, 0.3) is 0 Å². The second kappa shape index (κ2) is 9.91. The Morgan fingerprint density at radius 2 is 1.67 bits per heavy atom. The highest BCUT2D eigenvalue weighted by atomic mass is 16.5. The topological polar surface area (TPSA) is 71.5 Å². The third-order valence-electron chi connectivity index (χ3n) is 6.90. The third kappa shape index (κ3) is 4.88. The van der Waals surface area contributed by atoms with Crippen LogP contribution in [0.2, 0.25) is 0 Å². The Kier molecular flexibility index (Phi) is 6.98. The Morgan fingerprint density at radius 1 is 1.00 bits per heavy atom. The summed E-state index contributed by atoms with van der Waals surface area (Å²) in [6.07, 6.45) is 3.16. The molecule has 1 aliphatic carbocycles.